The molecular weight excluding hydrogens is 342 g/mol. The van der Waals surface area contributed by atoms with Gasteiger partial charge in [0.2, 0.25) is 0 Å². The van der Waals surface area contributed by atoms with Gasteiger partial charge in [-0.05, 0) is 23.6 Å². The molecule has 0 aliphatic heterocycles. The molecule has 2 heterocycles. The van der Waals surface area contributed by atoms with Crippen molar-refractivity contribution in [3.05, 3.63) is 52.4 Å². The van der Waals surface area contributed by atoms with Gasteiger partial charge in [0.25, 0.3) is 5.91 Å². The number of hydrogen-bond acceptors (Lipinski definition) is 6. The molecule has 1 amide bonds. The number of fused-ring (bicyclic) bond motifs is 1. The molecule has 0 fully saturated rings. The molecule has 3 aromatic rings. The van der Waals surface area contributed by atoms with E-state index in [4.69, 9.17) is 13.9 Å². The topological polar surface area (TPSA) is 77.8 Å². The first-order chi connectivity index (χ1) is 12.2. The van der Waals surface area contributed by atoms with Gasteiger partial charge in [-0.15, -0.1) is 11.3 Å². The van der Waals surface area contributed by atoms with Gasteiger partial charge in [-0.2, -0.15) is 0 Å². The van der Waals surface area contributed by atoms with Crippen LogP contribution in [-0.2, 0) is 27.3 Å². The number of carbonyl (C=O) groups excluding carboxylic acids is 2. The lowest BCUT2D eigenvalue weighted by molar-refractivity contribution is -0.147. The molecular formula is C18H17NO5S. The highest BCUT2D eigenvalue weighted by molar-refractivity contribution is 7.09. The van der Waals surface area contributed by atoms with E-state index in [0.717, 1.165) is 10.3 Å². The normalized spacial score (nSPS) is 10.6. The maximum absolute atomic E-state index is 11.9. The van der Waals surface area contributed by atoms with Crippen LogP contribution in [0.1, 0.15) is 10.4 Å². The van der Waals surface area contributed by atoms with E-state index in [1.807, 2.05) is 23.6 Å². The molecule has 3 rings (SSSR count). The van der Waals surface area contributed by atoms with Crippen molar-refractivity contribution in [1.29, 1.82) is 0 Å². The largest absolute Gasteiger partial charge is 0.497 e. The summed E-state index contributed by atoms with van der Waals surface area (Å²) in [6.45, 7) is 0.135. The van der Waals surface area contributed by atoms with Gasteiger partial charge in [0.05, 0.1) is 26.3 Å². The van der Waals surface area contributed by atoms with E-state index in [2.05, 4.69) is 5.32 Å². The van der Waals surface area contributed by atoms with E-state index in [0.29, 0.717) is 23.4 Å². The second-order valence-corrected chi connectivity index (χ2v) is 6.35. The van der Waals surface area contributed by atoms with Gasteiger partial charge in [-0.25, -0.2) is 0 Å². The number of furan rings is 1. The highest BCUT2D eigenvalue weighted by Gasteiger charge is 2.13. The summed E-state index contributed by atoms with van der Waals surface area (Å²) < 4.78 is 15.6. The van der Waals surface area contributed by atoms with E-state index in [1.54, 1.807) is 30.6 Å². The van der Waals surface area contributed by atoms with Crippen LogP contribution in [0.25, 0.3) is 11.0 Å². The summed E-state index contributed by atoms with van der Waals surface area (Å²) in [4.78, 5) is 24.7. The van der Waals surface area contributed by atoms with Crippen molar-refractivity contribution in [2.45, 2.75) is 13.0 Å². The molecule has 0 unspecified atom stereocenters. The average Bonchev–Trinajstić information content (AvgIpc) is 3.28. The Morgan fingerprint density at radius 1 is 1.28 bits per heavy atom. The van der Waals surface area contributed by atoms with Crippen LogP contribution < -0.4 is 10.1 Å². The minimum atomic E-state index is -0.482. The zero-order valence-electron chi connectivity index (χ0n) is 13.6. The number of carbonyl (C=O) groups is 2. The molecule has 1 aromatic carbocycles. The van der Waals surface area contributed by atoms with Crippen LogP contribution in [-0.4, -0.2) is 25.6 Å². The first-order valence-electron chi connectivity index (χ1n) is 7.64. The molecule has 0 bridgehead atoms. The summed E-state index contributed by atoms with van der Waals surface area (Å²) in [5, 5.41) is 5.46. The Bertz CT molecular complexity index is 869. The molecule has 25 heavy (non-hydrogen) atoms. The predicted molar refractivity (Wildman–Crippen MR) is 93.6 cm³/mol. The predicted octanol–water partition coefficient (Wildman–Crippen LogP) is 2.91. The summed E-state index contributed by atoms with van der Waals surface area (Å²) in [5.41, 5.74) is 1.34. The molecule has 0 spiro atoms. The third-order valence-corrected chi connectivity index (χ3v) is 4.48. The highest BCUT2D eigenvalue weighted by Crippen LogP contribution is 2.26. The quantitative estimate of drug-likeness (QED) is 0.656. The molecule has 0 aliphatic carbocycles. The lowest BCUT2D eigenvalue weighted by atomic mass is 10.1. The van der Waals surface area contributed by atoms with Gasteiger partial charge in [-0.3, -0.25) is 9.59 Å². The van der Waals surface area contributed by atoms with E-state index >= 15 is 0 Å². The summed E-state index contributed by atoms with van der Waals surface area (Å²) in [5.74, 6) is -0.133. The van der Waals surface area contributed by atoms with Gasteiger partial charge in [0.1, 0.15) is 11.3 Å². The molecule has 6 nitrogen and oxygen atoms in total. The summed E-state index contributed by atoms with van der Waals surface area (Å²) in [7, 11) is 1.58. The maximum Gasteiger partial charge on any atom is 0.310 e. The van der Waals surface area contributed by atoms with Gasteiger partial charge < -0.3 is 19.2 Å². The van der Waals surface area contributed by atoms with Crippen LogP contribution in [0.15, 0.2) is 46.4 Å². The Kier molecular flexibility index (Phi) is 5.35. The standard InChI is InChI=1S/C18H17NO5S/c1-22-13-4-5-15-12(10-23-16(15)8-13)7-18(21)24-11-17(20)19-9-14-3-2-6-25-14/h2-6,8,10H,7,9,11H2,1H3,(H,19,20). The van der Waals surface area contributed by atoms with E-state index in [-0.39, 0.29) is 18.9 Å². The van der Waals surface area contributed by atoms with E-state index < -0.39 is 5.97 Å². The Hall–Kier alpha value is -2.80. The number of rotatable bonds is 7. The highest BCUT2D eigenvalue weighted by atomic mass is 32.1. The van der Waals surface area contributed by atoms with Gasteiger partial charge in [0.15, 0.2) is 6.61 Å². The van der Waals surface area contributed by atoms with Gasteiger partial charge in [-0.1, -0.05) is 6.07 Å². The Morgan fingerprint density at radius 3 is 2.92 bits per heavy atom. The van der Waals surface area contributed by atoms with Crippen LogP contribution in [0.3, 0.4) is 0 Å². The van der Waals surface area contributed by atoms with Crippen molar-refractivity contribution in [2.24, 2.45) is 0 Å². The Morgan fingerprint density at radius 2 is 2.16 bits per heavy atom. The van der Waals surface area contributed by atoms with E-state index in [1.165, 1.54) is 6.26 Å². The first kappa shape index (κ1) is 17.0. The van der Waals surface area contributed by atoms with Gasteiger partial charge >= 0.3 is 5.97 Å². The third-order valence-electron chi connectivity index (χ3n) is 3.60. The number of esters is 1. The fourth-order valence-corrected chi connectivity index (χ4v) is 2.97. The molecule has 1 N–H and O–H groups in total. The molecule has 0 atom stereocenters. The second-order valence-electron chi connectivity index (χ2n) is 5.32. The molecule has 0 saturated carbocycles. The smallest absolute Gasteiger partial charge is 0.310 e. The zero-order valence-corrected chi connectivity index (χ0v) is 14.4. The van der Waals surface area contributed by atoms with Crippen molar-refractivity contribution in [3.8, 4) is 5.75 Å². The van der Waals surface area contributed by atoms with E-state index in [9.17, 15) is 9.59 Å². The second kappa shape index (κ2) is 7.85. The SMILES string of the molecule is COc1ccc2c(CC(=O)OCC(=O)NCc3cccs3)coc2c1. The van der Waals surface area contributed by atoms with Crippen molar-refractivity contribution in [1.82, 2.24) is 5.32 Å². The number of nitrogens with one attached hydrogen (secondary N) is 1. The van der Waals surface area contributed by atoms with Crippen molar-refractivity contribution in [2.75, 3.05) is 13.7 Å². The number of amides is 1. The summed E-state index contributed by atoms with van der Waals surface area (Å²) in [6.07, 6.45) is 1.56. The number of hydrogen-bond donors (Lipinski definition) is 1. The monoisotopic (exact) mass is 359 g/mol. The van der Waals surface area contributed by atoms with Crippen LogP contribution >= 0.6 is 11.3 Å². The number of methoxy groups -OCH3 is 1. The maximum atomic E-state index is 11.9. The van der Waals surface area contributed by atoms with Crippen molar-refractivity contribution in [3.63, 3.8) is 0 Å². The first-order valence-corrected chi connectivity index (χ1v) is 8.52. The molecule has 2 aromatic heterocycles. The van der Waals surface area contributed by atoms with Gasteiger partial charge in [0, 0.05) is 21.9 Å². The van der Waals surface area contributed by atoms with Crippen LogP contribution in [0.2, 0.25) is 0 Å². The number of benzene rings is 1. The lowest BCUT2D eigenvalue weighted by Gasteiger charge is -2.05. The molecule has 0 radical (unpaired) electrons. The van der Waals surface area contributed by atoms with Crippen LogP contribution in [0.5, 0.6) is 5.75 Å². The minimum Gasteiger partial charge on any atom is -0.497 e. The Balaban J connectivity index is 1.50. The summed E-state index contributed by atoms with van der Waals surface area (Å²) in [6, 6.07) is 9.22. The fourth-order valence-electron chi connectivity index (χ4n) is 2.33. The Labute approximate surface area is 148 Å². The van der Waals surface area contributed by atoms with Crippen LogP contribution in [0.4, 0.5) is 0 Å². The van der Waals surface area contributed by atoms with Crippen LogP contribution in [0, 0.1) is 0 Å². The number of thiophene rings is 1. The fraction of sp³-hybridized carbons (Fsp3) is 0.222. The van der Waals surface area contributed by atoms with Crippen molar-refractivity contribution < 1.29 is 23.5 Å². The lowest BCUT2D eigenvalue weighted by Crippen LogP contribution is -2.28. The zero-order chi connectivity index (χ0) is 17.6. The summed E-state index contributed by atoms with van der Waals surface area (Å²) >= 11 is 1.55. The molecule has 7 heteroatoms. The molecule has 0 saturated heterocycles. The third kappa shape index (κ3) is 4.39. The minimum absolute atomic E-state index is 0.0392. The molecule has 0 aliphatic rings. The van der Waals surface area contributed by atoms with Crippen molar-refractivity contribution >= 4 is 34.2 Å². The average molecular weight is 359 g/mol. The molecule has 130 valence electrons. The number of ether oxygens (including phenoxy) is 2.